The number of nitrogens with one attached hydrogen (secondary N) is 1. The number of carboxylic acids is 1. The SMILES string of the molecule is Cc1cc(C(=O)O)cc(Nc2ccc(F)cc2)n1. The number of carbonyl (C=O) groups is 1. The van der Waals surface area contributed by atoms with Crippen LogP contribution in [0.2, 0.25) is 0 Å². The normalized spacial score (nSPS) is 10.1. The van der Waals surface area contributed by atoms with Crippen molar-refractivity contribution in [2.24, 2.45) is 0 Å². The van der Waals surface area contributed by atoms with Gasteiger partial charge in [-0.25, -0.2) is 14.2 Å². The summed E-state index contributed by atoms with van der Waals surface area (Å²) in [6, 6.07) is 8.66. The van der Waals surface area contributed by atoms with Gasteiger partial charge in [0, 0.05) is 11.4 Å². The number of benzene rings is 1. The van der Waals surface area contributed by atoms with E-state index in [0.29, 0.717) is 17.2 Å². The smallest absolute Gasteiger partial charge is 0.335 e. The summed E-state index contributed by atoms with van der Waals surface area (Å²) in [6.45, 7) is 1.71. The molecular weight excluding hydrogens is 235 g/mol. The van der Waals surface area contributed by atoms with Gasteiger partial charge in [0.25, 0.3) is 0 Å². The fourth-order valence-corrected chi connectivity index (χ4v) is 1.54. The number of rotatable bonds is 3. The van der Waals surface area contributed by atoms with E-state index in [1.165, 1.54) is 24.3 Å². The number of nitrogens with zero attached hydrogens (tertiary/aromatic N) is 1. The number of carboxylic acid groups (broad SMARTS) is 1. The molecular formula is C13H11FN2O2. The summed E-state index contributed by atoms with van der Waals surface area (Å²) in [7, 11) is 0. The van der Waals surface area contributed by atoms with Crippen molar-refractivity contribution in [2.45, 2.75) is 6.92 Å². The molecule has 0 amide bonds. The molecule has 0 bridgehead atoms. The van der Waals surface area contributed by atoms with Gasteiger partial charge in [-0.3, -0.25) is 0 Å². The number of hydrogen-bond donors (Lipinski definition) is 2. The molecule has 92 valence electrons. The van der Waals surface area contributed by atoms with Crippen LogP contribution in [0.25, 0.3) is 0 Å². The largest absolute Gasteiger partial charge is 0.478 e. The number of anilines is 2. The average molecular weight is 246 g/mol. The zero-order chi connectivity index (χ0) is 13.1. The van der Waals surface area contributed by atoms with Gasteiger partial charge in [-0.2, -0.15) is 0 Å². The second-order valence-electron chi connectivity index (χ2n) is 3.82. The van der Waals surface area contributed by atoms with E-state index in [0.717, 1.165) is 0 Å². The highest BCUT2D eigenvalue weighted by Gasteiger charge is 2.06. The van der Waals surface area contributed by atoms with Crippen LogP contribution in [-0.2, 0) is 0 Å². The Morgan fingerprint density at radius 1 is 1.28 bits per heavy atom. The molecule has 5 heteroatoms. The predicted molar refractivity (Wildman–Crippen MR) is 65.6 cm³/mol. The monoisotopic (exact) mass is 246 g/mol. The Balaban J connectivity index is 2.28. The van der Waals surface area contributed by atoms with Crippen LogP contribution < -0.4 is 5.32 Å². The Morgan fingerprint density at radius 3 is 2.56 bits per heavy atom. The Morgan fingerprint density at radius 2 is 1.94 bits per heavy atom. The molecule has 0 aliphatic rings. The molecule has 1 heterocycles. The van der Waals surface area contributed by atoms with Crippen LogP contribution in [0.5, 0.6) is 0 Å². The first-order chi connectivity index (χ1) is 8.54. The lowest BCUT2D eigenvalue weighted by Crippen LogP contribution is -2.02. The quantitative estimate of drug-likeness (QED) is 0.874. The Kier molecular flexibility index (Phi) is 3.23. The second-order valence-corrected chi connectivity index (χ2v) is 3.82. The van der Waals surface area contributed by atoms with E-state index < -0.39 is 5.97 Å². The maximum atomic E-state index is 12.7. The first-order valence-electron chi connectivity index (χ1n) is 5.29. The van der Waals surface area contributed by atoms with Crippen LogP contribution in [0.1, 0.15) is 16.1 Å². The zero-order valence-corrected chi connectivity index (χ0v) is 9.64. The van der Waals surface area contributed by atoms with Crippen LogP contribution in [-0.4, -0.2) is 16.1 Å². The summed E-state index contributed by atoms with van der Waals surface area (Å²) < 4.78 is 12.7. The molecule has 2 aromatic rings. The highest BCUT2D eigenvalue weighted by Crippen LogP contribution is 2.17. The third-order valence-corrected chi connectivity index (χ3v) is 2.32. The molecule has 0 spiro atoms. The van der Waals surface area contributed by atoms with Gasteiger partial charge in [-0.15, -0.1) is 0 Å². The first kappa shape index (κ1) is 12.0. The van der Waals surface area contributed by atoms with E-state index in [-0.39, 0.29) is 11.4 Å². The van der Waals surface area contributed by atoms with Crippen molar-refractivity contribution < 1.29 is 14.3 Å². The number of halogens is 1. The summed E-state index contributed by atoms with van der Waals surface area (Å²) in [5.41, 5.74) is 1.40. The van der Waals surface area contributed by atoms with Gasteiger partial charge in [0.05, 0.1) is 5.56 Å². The van der Waals surface area contributed by atoms with Crippen molar-refractivity contribution >= 4 is 17.5 Å². The first-order valence-corrected chi connectivity index (χ1v) is 5.29. The lowest BCUT2D eigenvalue weighted by atomic mass is 10.2. The maximum absolute atomic E-state index is 12.7. The van der Waals surface area contributed by atoms with Crippen molar-refractivity contribution in [1.82, 2.24) is 4.98 Å². The van der Waals surface area contributed by atoms with Crippen LogP contribution in [0.3, 0.4) is 0 Å². The predicted octanol–water partition coefficient (Wildman–Crippen LogP) is 2.97. The Bertz CT molecular complexity index is 582. The number of aryl methyl sites for hydroxylation is 1. The van der Waals surface area contributed by atoms with Crippen molar-refractivity contribution in [3.63, 3.8) is 0 Å². The lowest BCUT2D eigenvalue weighted by molar-refractivity contribution is 0.0696. The molecule has 18 heavy (non-hydrogen) atoms. The van der Waals surface area contributed by atoms with Crippen molar-refractivity contribution in [2.75, 3.05) is 5.32 Å². The molecule has 0 saturated carbocycles. The van der Waals surface area contributed by atoms with Gasteiger partial charge < -0.3 is 10.4 Å². The molecule has 0 radical (unpaired) electrons. The molecule has 4 nitrogen and oxygen atoms in total. The minimum Gasteiger partial charge on any atom is -0.478 e. The summed E-state index contributed by atoms with van der Waals surface area (Å²) in [4.78, 5) is 15.1. The van der Waals surface area contributed by atoms with E-state index >= 15 is 0 Å². The Hall–Kier alpha value is -2.43. The average Bonchev–Trinajstić information content (AvgIpc) is 2.31. The number of aromatic nitrogens is 1. The molecule has 2 rings (SSSR count). The minimum atomic E-state index is -1.01. The van der Waals surface area contributed by atoms with Crippen LogP contribution in [0.15, 0.2) is 36.4 Å². The lowest BCUT2D eigenvalue weighted by Gasteiger charge is -2.07. The number of pyridine rings is 1. The van der Waals surface area contributed by atoms with E-state index in [4.69, 9.17) is 5.11 Å². The van der Waals surface area contributed by atoms with Crippen LogP contribution in [0, 0.1) is 12.7 Å². The molecule has 0 aliphatic carbocycles. The van der Waals surface area contributed by atoms with E-state index in [1.807, 2.05) is 0 Å². The van der Waals surface area contributed by atoms with E-state index in [2.05, 4.69) is 10.3 Å². The van der Waals surface area contributed by atoms with E-state index in [1.54, 1.807) is 19.1 Å². The molecule has 1 aromatic carbocycles. The van der Waals surface area contributed by atoms with Gasteiger partial charge in [0.1, 0.15) is 11.6 Å². The molecule has 0 saturated heterocycles. The topological polar surface area (TPSA) is 62.2 Å². The van der Waals surface area contributed by atoms with Crippen LogP contribution in [0.4, 0.5) is 15.9 Å². The number of hydrogen-bond acceptors (Lipinski definition) is 3. The fraction of sp³-hybridized carbons (Fsp3) is 0.0769. The summed E-state index contributed by atoms with van der Waals surface area (Å²) in [5, 5.41) is 11.9. The molecule has 2 N–H and O–H groups in total. The molecule has 0 aliphatic heterocycles. The molecule has 0 atom stereocenters. The van der Waals surface area contributed by atoms with Crippen LogP contribution >= 0.6 is 0 Å². The van der Waals surface area contributed by atoms with Crippen molar-refractivity contribution in [3.8, 4) is 0 Å². The van der Waals surface area contributed by atoms with Gasteiger partial charge >= 0.3 is 5.97 Å². The zero-order valence-electron chi connectivity index (χ0n) is 9.64. The fourth-order valence-electron chi connectivity index (χ4n) is 1.54. The van der Waals surface area contributed by atoms with Crippen molar-refractivity contribution in [1.29, 1.82) is 0 Å². The summed E-state index contributed by atoms with van der Waals surface area (Å²) >= 11 is 0. The second kappa shape index (κ2) is 4.83. The molecule has 1 aromatic heterocycles. The van der Waals surface area contributed by atoms with Gasteiger partial charge in [0.2, 0.25) is 0 Å². The summed E-state index contributed by atoms with van der Waals surface area (Å²) in [6.07, 6.45) is 0. The number of aromatic carboxylic acids is 1. The van der Waals surface area contributed by atoms with Gasteiger partial charge in [-0.1, -0.05) is 0 Å². The Labute approximate surface area is 103 Å². The summed E-state index contributed by atoms with van der Waals surface area (Å²) in [5.74, 6) is -0.925. The minimum absolute atomic E-state index is 0.159. The highest BCUT2D eigenvalue weighted by atomic mass is 19.1. The highest BCUT2D eigenvalue weighted by molar-refractivity contribution is 5.88. The molecule has 0 fully saturated rings. The standard InChI is InChI=1S/C13H11FN2O2/c1-8-6-9(13(17)18)7-12(15-8)16-11-4-2-10(14)3-5-11/h2-7H,1H3,(H,15,16)(H,17,18). The van der Waals surface area contributed by atoms with Gasteiger partial charge in [-0.05, 0) is 43.3 Å². The maximum Gasteiger partial charge on any atom is 0.335 e. The van der Waals surface area contributed by atoms with Gasteiger partial charge in [0.15, 0.2) is 0 Å². The third-order valence-electron chi connectivity index (χ3n) is 2.32. The van der Waals surface area contributed by atoms with Crippen molar-refractivity contribution in [3.05, 3.63) is 53.5 Å². The van der Waals surface area contributed by atoms with E-state index in [9.17, 15) is 9.18 Å². The third kappa shape index (κ3) is 2.82. The molecule has 0 unspecified atom stereocenters.